The van der Waals surface area contributed by atoms with Crippen LogP contribution in [0.4, 0.5) is 0 Å². The highest BCUT2D eigenvalue weighted by atomic mass is 16.5. The molecule has 0 radical (unpaired) electrons. The van der Waals surface area contributed by atoms with Crippen molar-refractivity contribution < 1.29 is 4.74 Å². The molecular formula is C16H26N2O. The zero-order valence-electron chi connectivity index (χ0n) is 12.0. The van der Waals surface area contributed by atoms with E-state index in [-0.39, 0.29) is 0 Å². The van der Waals surface area contributed by atoms with E-state index in [9.17, 15) is 0 Å². The van der Waals surface area contributed by atoms with Crippen LogP contribution in [0.3, 0.4) is 0 Å². The molecule has 3 heteroatoms. The molecule has 1 aromatic rings. The SMILES string of the molecule is CN(CCCOc1ccccc1CN)CC1CCC1. The Bertz CT molecular complexity index is 377. The van der Waals surface area contributed by atoms with Gasteiger partial charge in [0.25, 0.3) is 0 Å². The van der Waals surface area contributed by atoms with Gasteiger partial charge >= 0.3 is 0 Å². The van der Waals surface area contributed by atoms with E-state index in [4.69, 9.17) is 10.5 Å². The highest BCUT2D eigenvalue weighted by Gasteiger charge is 2.18. The minimum Gasteiger partial charge on any atom is -0.493 e. The van der Waals surface area contributed by atoms with E-state index in [1.54, 1.807) is 0 Å². The molecule has 19 heavy (non-hydrogen) atoms. The van der Waals surface area contributed by atoms with Gasteiger partial charge < -0.3 is 15.4 Å². The van der Waals surface area contributed by atoms with Crippen molar-refractivity contribution >= 4 is 0 Å². The van der Waals surface area contributed by atoms with Gasteiger partial charge in [0.1, 0.15) is 5.75 Å². The van der Waals surface area contributed by atoms with E-state index >= 15 is 0 Å². The van der Waals surface area contributed by atoms with Gasteiger partial charge in [0.2, 0.25) is 0 Å². The fourth-order valence-electron chi connectivity index (χ4n) is 2.54. The molecule has 0 heterocycles. The third kappa shape index (κ3) is 4.51. The lowest BCUT2D eigenvalue weighted by molar-refractivity contribution is 0.192. The van der Waals surface area contributed by atoms with E-state index in [1.807, 2.05) is 24.3 Å². The Morgan fingerprint density at radius 1 is 1.32 bits per heavy atom. The second kappa shape index (κ2) is 7.51. The predicted octanol–water partition coefficient (Wildman–Crippen LogP) is 2.65. The standard InChI is InChI=1S/C16H26N2O/c1-18(13-14-6-4-7-14)10-5-11-19-16-9-3-2-8-15(16)12-17/h2-3,8-9,14H,4-7,10-13,17H2,1H3. The minimum atomic E-state index is 0.539. The number of para-hydroxylation sites is 1. The third-order valence-electron chi connectivity index (χ3n) is 3.93. The molecule has 0 bridgehead atoms. The molecule has 1 fully saturated rings. The Morgan fingerprint density at radius 3 is 2.79 bits per heavy atom. The molecule has 106 valence electrons. The van der Waals surface area contributed by atoms with Crippen LogP contribution in [0.2, 0.25) is 0 Å². The molecule has 0 aromatic heterocycles. The highest BCUT2D eigenvalue weighted by molar-refractivity contribution is 5.32. The minimum absolute atomic E-state index is 0.539. The number of hydrogen-bond donors (Lipinski definition) is 1. The summed E-state index contributed by atoms with van der Waals surface area (Å²) in [6.45, 7) is 3.67. The lowest BCUT2D eigenvalue weighted by Crippen LogP contribution is -2.30. The first-order valence-corrected chi connectivity index (χ1v) is 7.39. The molecule has 0 atom stereocenters. The Morgan fingerprint density at radius 2 is 2.11 bits per heavy atom. The maximum Gasteiger partial charge on any atom is 0.123 e. The van der Waals surface area contributed by atoms with Crippen LogP contribution in [0.1, 0.15) is 31.2 Å². The summed E-state index contributed by atoms with van der Waals surface area (Å²) in [4.78, 5) is 2.43. The lowest BCUT2D eigenvalue weighted by Gasteiger charge is -2.30. The summed E-state index contributed by atoms with van der Waals surface area (Å²) in [6.07, 6.45) is 5.34. The second-order valence-electron chi connectivity index (χ2n) is 5.57. The molecule has 0 amide bonds. The zero-order chi connectivity index (χ0) is 13.5. The molecular weight excluding hydrogens is 236 g/mol. The summed E-state index contributed by atoms with van der Waals surface area (Å²) in [6, 6.07) is 8.02. The number of hydrogen-bond acceptors (Lipinski definition) is 3. The number of ether oxygens (including phenoxy) is 1. The summed E-state index contributed by atoms with van der Waals surface area (Å²) < 4.78 is 5.82. The van der Waals surface area contributed by atoms with Crippen LogP contribution < -0.4 is 10.5 Å². The van der Waals surface area contributed by atoms with E-state index in [0.717, 1.165) is 36.8 Å². The van der Waals surface area contributed by atoms with Crippen LogP contribution in [0, 0.1) is 5.92 Å². The van der Waals surface area contributed by atoms with Crippen LogP contribution in [0.5, 0.6) is 5.75 Å². The van der Waals surface area contributed by atoms with E-state index in [1.165, 1.54) is 25.8 Å². The van der Waals surface area contributed by atoms with Gasteiger partial charge in [-0.1, -0.05) is 24.6 Å². The summed E-state index contributed by atoms with van der Waals surface area (Å²) >= 11 is 0. The topological polar surface area (TPSA) is 38.5 Å². The van der Waals surface area contributed by atoms with Crippen molar-refractivity contribution in [2.24, 2.45) is 11.7 Å². The van der Waals surface area contributed by atoms with Crippen molar-refractivity contribution in [3.8, 4) is 5.75 Å². The van der Waals surface area contributed by atoms with E-state index < -0.39 is 0 Å². The van der Waals surface area contributed by atoms with Crippen LogP contribution in [0.25, 0.3) is 0 Å². The van der Waals surface area contributed by atoms with Crippen molar-refractivity contribution in [2.75, 3.05) is 26.7 Å². The van der Waals surface area contributed by atoms with Gasteiger partial charge in [0, 0.05) is 25.2 Å². The van der Waals surface area contributed by atoms with Crippen molar-refractivity contribution in [3.63, 3.8) is 0 Å². The Labute approximate surface area is 116 Å². The zero-order valence-corrected chi connectivity index (χ0v) is 12.0. The molecule has 1 aliphatic rings. The summed E-state index contributed by atoms with van der Waals surface area (Å²) in [5.41, 5.74) is 6.78. The molecule has 3 nitrogen and oxygen atoms in total. The van der Waals surface area contributed by atoms with Gasteiger partial charge in [0.05, 0.1) is 6.61 Å². The molecule has 1 aromatic carbocycles. The monoisotopic (exact) mass is 262 g/mol. The number of nitrogens with two attached hydrogens (primary N) is 1. The smallest absolute Gasteiger partial charge is 0.123 e. The normalized spacial score (nSPS) is 15.5. The molecule has 0 aliphatic heterocycles. The fourth-order valence-corrected chi connectivity index (χ4v) is 2.54. The number of rotatable bonds is 8. The van der Waals surface area contributed by atoms with Gasteiger partial charge in [-0.3, -0.25) is 0 Å². The van der Waals surface area contributed by atoms with E-state index in [0.29, 0.717) is 6.54 Å². The van der Waals surface area contributed by atoms with Crippen LogP contribution >= 0.6 is 0 Å². The van der Waals surface area contributed by atoms with Crippen molar-refractivity contribution in [1.29, 1.82) is 0 Å². The molecule has 2 rings (SSSR count). The number of nitrogens with zero attached hydrogens (tertiary/aromatic N) is 1. The fraction of sp³-hybridized carbons (Fsp3) is 0.625. The largest absolute Gasteiger partial charge is 0.493 e. The molecule has 1 saturated carbocycles. The molecule has 0 saturated heterocycles. The average molecular weight is 262 g/mol. The van der Waals surface area contributed by atoms with Gasteiger partial charge in [-0.25, -0.2) is 0 Å². The Hall–Kier alpha value is -1.06. The average Bonchev–Trinajstić information content (AvgIpc) is 2.39. The molecule has 1 aliphatic carbocycles. The van der Waals surface area contributed by atoms with Gasteiger partial charge in [-0.05, 0) is 38.3 Å². The predicted molar refractivity (Wildman–Crippen MR) is 79.3 cm³/mol. The lowest BCUT2D eigenvalue weighted by atomic mass is 9.85. The van der Waals surface area contributed by atoms with Crippen LogP contribution in [0.15, 0.2) is 24.3 Å². The Balaban J connectivity index is 1.62. The highest BCUT2D eigenvalue weighted by Crippen LogP contribution is 2.26. The molecule has 0 unspecified atom stereocenters. The first-order chi connectivity index (χ1) is 9.29. The molecule has 2 N–H and O–H groups in total. The quantitative estimate of drug-likeness (QED) is 0.732. The summed E-state index contributed by atoms with van der Waals surface area (Å²) in [7, 11) is 2.21. The van der Waals surface area contributed by atoms with Crippen molar-refractivity contribution in [1.82, 2.24) is 4.90 Å². The third-order valence-corrected chi connectivity index (χ3v) is 3.93. The second-order valence-corrected chi connectivity index (χ2v) is 5.57. The van der Waals surface area contributed by atoms with Crippen LogP contribution in [-0.4, -0.2) is 31.6 Å². The van der Waals surface area contributed by atoms with Gasteiger partial charge in [0.15, 0.2) is 0 Å². The summed E-state index contributed by atoms with van der Waals surface area (Å²) in [5, 5.41) is 0. The van der Waals surface area contributed by atoms with Gasteiger partial charge in [-0.2, -0.15) is 0 Å². The molecule has 0 spiro atoms. The first-order valence-electron chi connectivity index (χ1n) is 7.39. The Kier molecular flexibility index (Phi) is 5.67. The maximum atomic E-state index is 5.82. The van der Waals surface area contributed by atoms with Crippen LogP contribution in [-0.2, 0) is 6.54 Å². The van der Waals surface area contributed by atoms with Crippen molar-refractivity contribution in [3.05, 3.63) is 29.8 Å². The number of benzene rings is 1. The summed E-state index contributed by atoms with van der Waals surface area (Å²) in [5.74, 6) is 1.88. The van der Waals surface area contributed by atoms with Gasteiger partial charge in [-0.15, -0.1) is 0 Å². The maximum absolute atomic E-state index is 5.82. The van der Waals surface area contributed by atoms with E-state index in [2.05, 4.69) is 11.9 Å². The van der Waals surface area contributed by atoms with Crippen molar-refractivity contribution in [2.45, 2.75) is 32.2 Å². The first kappa shape index (κ1) is 14.4.